The lowest BCUT2D eigenvalue weighted by Gasteiger charge is -2.26. The van der Waals surface area contributed by atoms with Crippen molar-refractivity contribution in [2.75, 3.05) is 44.3 Å². The summed E-state index contributed by atoms with van der Waals surface area (Å²) in [7, 11) is -5.16. The number of sulfone groups is 2. The number of carbonyl (C=O) groups excluding carboxylic acids is 2. The molecule has 10 nitrogen and oxygen atoms in total. The highest BCUT2D eigenvalue weighted by Crippen LogP contribution is 2.27. The van der Waals surface area contributed by atoms with E-state index in [0.29, 0.717) is 16.7 Å². The first-order valence-corrected chi connectivity index (χ1v) is 15.3. The van der Waals surface area contributed by atoms with Gasteiger partial charge in [-0.05, 0) is 22.8 Å². The fraction of sp³-hybridized carbons (Fsp3) is 0.360. The van der Waals surface area contributed by atoms with Gasteiger partial charge in [-0.2, -0.15) is 0 Å². The Balaban J connectivity index is 2.58. The first kappa shape index (κ1) is 30.0. The molecule has 1 N–H and O–H groups in total. The first-order chi connectivity index (χ1) is 17.2. The molecule has 37 heavy (non-hydrogen) atoms. The SMILES string of the molecule is C=CC1C=C(c2ccc(CO)cc2)C=C(C(=O)OCCS(C)(=O)=O)C(C(=O)OCCS(C)(=O)=O)=CN1C. The third-order valence-electron chi connectivity index (χ3n) is 5.27. The topological polar surface area (TPSA) is 144 Å². The van der Waals surface area contributed by atoms with E-state index < -0.39 is 62.4 Å². The standard InChI is InChI=1S/C25H31NO9S2/c1-5-21-14-20(19-8-6-18(17-27)7-9-19)15-22(24(28)34-10-12-36(3,30)31)23(16-26(21)2)25(29)35-11-13-37(4,32)33/h5-9,14-16,21,27H,1,10-13,17H2,2-4H3. The number of rotatable bonds is 11. The minimum absolute atomic E-state index is 0.155. The molecule has 12 heteroatoms. The zero-order chi connectivity index (χ0) is 27.8. The maximum absolute atomic E-state index is 13.1. The van der Waals surface area contributed by atoms with Crippen molar-refractivity contribution < 1.29 is 41.0 Å². The number of hydrogen-bond donors (Lipinski definition) is 1. The molecule has 0 radical (unpaired) electrons. The van der Waals surface area contributed by atoms with E-state index in [1.165, 1.54) is 12.3 Å². The van der Waals surface area contributed by atoms with Gasteiger partial charge in [-0.25, -0.2) is 26.4 Å². The van der Waals surface area contributed by atoms with Crippen molar-refractivity contribution in [3.8, 4) is 0 Å². The van der Waals surface area contributed by atoms with Gasteiger partial charge in [-0.15, -0.1) is 6.58 Å². The van der Waals surface area contributed by atoms with Crippen molar-refractivity contribution in [3.05, 3.63) is 77.5 Å². The summed E-state index contributed by atoms with van der Waals surface area (Å²) in [5, 5.41) is 9.36. The van der Waals surface area contributed by atoms with Crippen LogP contribution >= 0.6 is 0 Å². The highest BCUT2D eigenvalue weighted by atomic mass is 32.2. The van der Waals surface area contributed by atoms with Crippen molar-refractivity contribution in [1.29, 1.82) is 0 Å². The Bertz CT molecular complexity index is 1320. The summed E-state index contributed by atoms with van der Waals surface area (Å²) in [5.74, 6) is -2.73. The van der Waals surface area contributed by atoms with E-state index in [-0.39, 0.29) is 17.8 Å². The van der Waals surface area contributed by atoms with Crippen LogP contribution in [0.2, 0.25) is 0 Å². The van der Waals surface area contributed by atoms with Gasteiger partial charge in [0.05, 0.1) is 35.3 Å². The number of benzene rings is 1. The molecule has 1 aromatic rings. The third kappa shape index (κ3) is 9.63. The van der Waals surface area contributed by atoms with Crippen molar-refractivity contribution in [3.63, 3.8) is 0 Å². The normalized spacial score (nSPS) is 16.5. The van der Waals surface area contributed by atoms with Crippen molar-refractivity contribution in [1.82, 2.24) is 4.90 Å². The van der Waals surface area contributed by atoms with E-state index in [1.54, 1.807) is 48.4 Å². The van der Waals surface area contributed by atoms with Crippen LogP contribution in [-0.2, 0) is 45.3 Å². The summed E-state index contributed by atoms with van der Waals surface area (Å²) in [6.07, 6.45) is 8.20. The summed E-state index contributed by atoms with van der Waals surface area (Å²) in [6, 6.07) is 6.46. The van der Waals surface area contributed by atoms with E-state index in [0.717, 1.165) is 12.5 Å². The van der Waals surface area contributed by atoms with E-state index in [2.05, 4.69) is 6.58 Å². The molecule has 202 valence electrons. The molecular weight excluding hydrogens is 522 g/mol. The van der Waals surface area contributed by atoms with E-state index in [4.69, 9.17) is 9.47 Å². The number of nitrogens with zero attached hydrogens (tertiary/aromatic N) is 1. The maximum atomic E-state index is 13.1. The number of likely N-dealkylation sites (N-methyl/N-ethyl adjacent to an activating group) is 1. The first-order valence-electron chi connectivity index (χ1n) is 11.1. The quantitative estimate of drug-likeness (QED) is 0.312. The van der Waals surface area contributed by atoms with Crippen LogP contribution in [0, 0.1) is 0 Å². The number of allylic oxidation sites excluding steroid dienone is 2. The van der Waals surface area contributed by atoms with Gasteiger partial charge < -0.3 is 19.5 Å². The fourth-order valence-corrected chi connectivity index (χ4v) is 3.99. The lowest BCUT2D eigenvalue weighted by Crippen LogP contribution is -2.28. The number of ether oxygens (including phenoxy) is 2. The number of hydrogen-bond acceptors (Lipinski definition) is 10. The van der Waals surface area contributed by atoms with Crippen LogP contribution in [0.15, 0.2) is 66.4 Å². The van der Waals surface area contributed by atoms with Gasteiger partial charge in [-0.1, -0.05) is 36.4 Å². The van der Waals surface area contributed by atoms with Gasteiger partial charge in [0, 0.05) is 25.8 Å². The molecule has 0 saturated carbocycles. The van der Waals surface area contributed by atoms with E-state index >= 15 is 0 Å². The van der Waals surface area contributed by atoms with Crippen LogP contribution in [0.25, 0.3) is 5.57 Å². The third-order valence-corrected chi connectivity index (χ3v) is 7.09. The average molecular weight is 554 g/mol. The Labute approximate surface area is 217 Å². The molecule has 0 saturated heterocycles. The molecule has 0 fully saturated rings. The molecule has 1 aromatic carbocycles. The van der Waals surface area contributed by atoms with Crippen LogP contribution in [0.4, 0.5) is 0 Å². The van der Waals surface area contributed by atoms with Gasteiger partial charge in [0.1, 0.15) is 13.2 Å². The highest BCUT2D eigenvalue weighted by molar-refractivity contribution is 7.90. The Hall–Kier alpha value is -3.22. The summed E-state index contributed by atoms with van der Waals surface area (Å²) < 4.78 is 56.2. The van der Waals surface area contributed by atoms with Crippen LogP contribution in [-0.4, -0.2) is 89.1 Å². The van der Waals surface area contributed by atoms with Gasteiger partial charge in [0.15, 0.2) is 19.7 Å². The van der Waals surface area contributed by atoms with Crippen molar-refractivity contribution >= 4 is 37.2 Å². The number of aliphatic hydroxyl groups is 1. The Kier molecular flexibility index (Phi) is 10.4. The van der Waals surface area contributed by atoms with E-state index in [9.17, 15) is 31.5 Å². The van der Waals surface area contributed by atoms with Crippen LogP contribution in [0.3, 0.4) is 0 Å². The number of carbonyl (C=O) groups is 2. The minimum atomic E-state index is -3.41. The highest BCUT2D eigenvalue weighted by Gasteiger charge is 2.28. The zero-order valence-electron chi connectivity index (χ0n) is 20.9. The number of esters is 2. The minimum Gasteiger partial charge on any atom is -0.461 e. The summed E-state index contributed by atoms with van der Waals surface area (Å²) in [6.45, 7) is 2.82. The lowest BCUT2D eigenvalue weighted by atomic mass is 9.94. The molecular formula is C25H31NO9S2. The molecule has 1 aliphatic heterocycles. The molecule has 0 spiro atoms. The lowest BCUT2D eigenvalue weighted by molar-refractivity contribution is -0.142. The van der Waals surface area contributed by atoms with Crippen LogP contribution < -0.4 is 0 Å². The Morgan fingerprint density at radius 1 is 0.973 bits per heavy atom. The molecule has 0 bridgehead atoms. The summed E-state index contributed by atoms with van der Waals surface area (Å²) in [5.41, 5.74) is 1.44. The molecule has 1 heterocycles. The zero-order valence-corrected chi connectivity index (χ0v) is 22.5. The second-order valence-electron chi connectivity index (χ2n) is 8.50. The largest absolute Gasteiger partial charge is 0.461 e. The molecule has 1 aliphatic rings. The van der Waals surface area contributed by atoms with Gasteiger partial charge in [0.25, 0.3) is 0 Å². The molecule has 2 rings (SSSR count). The van der Waals surface area contributed by atoms with E-state index in [1.807, 2.05) is 0 Å². The molecule has 0 aromatic heterocycles. The second kappa shape index (κ2) is 12.8. The fourth-order valence-electron chi connectivity index (χ4n) is 3.22. The molecule has 1 unspecified atom stereocenters. The van der Waals surface area contributed by atoms with Gasteiger partial charge in [0.2, 0.25) is 0 Å². The monoisotopic (exact) mass is 553 g/mol. The maximum Gasteiger partial charge on any atom is 0.340 e. The average Bonchev–Trinajstić information content (AvgIpc) is 2.80. The summed E-state index contributed by atoms with van der Waals surface area (Å²) in [4.78, 5) is 27.7. The molecule has 0 amide bonds. The predicted molar refractivity (Wildman–Crippen MR) is 140 cm³/mol. The smallest absolute Gasteiger partial charge is 0.340 e. The van der Waals surface area contributed by atoms with Gasteiger partial charge in [-0.3, -0.25) is 0 Å². The van der Waals surface area contributed by atoms with Crippen LogP contribution in [0.1, 0.15) is 11.1 Å². The number of aliphatic hydroxyl groups excluding tert-OH is 1. The van der Waals surface area contributed by atoms with Crippen molar-refractivity contribution in [2.45, 2.75) is 12.6 Å². The van der Waals surface area contributed by atoms with Crippen LogP contribution in [0.5, 0.6) is 0 Å². The van der Waals surface area contributed by atoms with Crippen molar-refractivity contribution in [2.24, 2.45) is 0 Å². The molecule has 1 atom stereocenters. The Morgan fingerprint density at radius 2 is 1.49 bits per heavy atom. The molecule has 0 aliphatic carbocycles. The predicted octanol–water partition coefficient (Wildman–Crippen LogP) is 1.05. The Morgan fingerprint density at radius 3 is 1.95 bits per heavy atom. The summed E-state index contributed by atoms with van der Waals surface area (Å²) >= 11 is 0. The van der Waals surface area contributed by atoms with Gasteiger partial charge >= 0.3 is 11.9 Å². The second-order valence-corrected chi connectivity index (χ2v) is 13.0.